The predicted octanol–water partition coefficient (Wildman–Crippen LogP) is 0.808. The molecule has 3 rings (SSSR count). The molecule has 0 aromatic carbocycles. The Morgan fingerprint density at radius 1 is 1.39 bits per heavy atom. The van der Waals surface area contributed by atoms with Crippen molar-refractivity contribution in [1.82, 2.24) is 20.0 Å². The Labute approximate surface area is 113 Å². The van der Waals surface area contributed by atoms with E-state index in [1.165, 1.54) is 12.8 Å². The Bertz CT molecular complexity index is 433. The Hall–Kier alpha value is -1.07. The van der Waals surface area contributed by atoms with Crippen LogP contribution in [-0.4, -0.2) is 45.8 Å². The fourth-order valence-electron chi connectivity index (χ4n) is 2.87. The first kappa shape index (κ1) is 13.4. The molecule has 1 aromatic heterocycles. The summed E-state index contributed by atoms with van der Waals surface area (Å²) >= 11 is 0. The van der Waals surface area contributed by atoms with E-state index in [-0.39, 0.29) is 18.3 Å². The zero-order chi connectivity index (χ0) is 11.8. The largest absolute Gasteiger partial charge is 0.336 e. The number of likely N-dealkylation sites (tertiary alicyclic amines) is 1. The number of halogens is 1. The van der Waals surface area contributed by atoms with Crippen molar-refractivity contribution in [2.24, 2.45) is 7.05 Å². The minimum absolute atomic E-state index is 0. The number of nitrogens with zero attached hydrogens (tertiary/aromatic N) is 3. The van der Waals surface area contributed by atoms with Gasteiger partial charge in [-0.25, -0.2) is 0 Å². The molecule has 2 aliphatic heterocycles. The number of amides is 1. The van der Waals surface area contributed by atoms with Gasteiger partial charge in [-0.3, -0.25) is 9.48 Å². The van der Waals surface area contributed by atoms with Crippen molar-refractivity contribution >= 4 is 18.3 Å². The third-order valence-electron chi connectivity index (χ3n) is 3.85. The number of aryl methyl sites for hydroxylation is 1. The van der Waals surface area contributed by atoms with Gasteiger partial charge in [-0.2, -0.15) is 5.10 Å². The van der Waals surface area contributed by atoms with Crippen molar-refractivity contribution in [3.63, 3.8) is 0 Å². The van der Waals surface area contributed by atoms with Crippen LogP contribution in [0.1, 0.15) is 29.8 Å². The molecule has 2 bridgehead atoms. The molecule has 2 saturated heterocycles. The quantitative estimate of drug-likeness (QED) is 0.822. The van der Waals surface area contributed by atoms with E-state index < -0.39 is 0 Å². The first-order valence-corrected chi connectivity index (χ1v) is 6.27. The standard InChI is InChI=1S/C12H18N4O.ClH/c1-15-11(4-6-13-15)12(17)16-7-5-9-2-3-10(8-16)14-9;/h4,6,9-10,14H,2-3,5,7-8H2,1H3;1H. The molecule has 18 heavy (non-hydrogen) atoms. The average molecular weight is 271 g/mol. The smallest absolute Gasteiger partial charge is 0.272 e. The molecular weight excluding hydrogens is 252 g/mol. The normalized spacial score (nSPS) is 26.6. The van der Waals surface area contributed by atoms with Gasteiger partial charge in [0, 0.05) is 38.4 Å². The average Bonchev–Trinajstić information content (AvgIpc) is 2.84. The van der Waals surface area contributed by atoms with Crippen LogP contribution in [0.4, 0.5) is 0 Å². The highest BCUT2D eigenvalue weighted by Crippen LogP contribution is 2.21. The van der Waals surface area contributed by atoms with Gasteiger partial charge in [0.1, 0.15) is 5.69 Å². The second-order valence-electron chi connectivity index (χ2n) is 5.02. The minimum Gasteiger partial charge on any atom is -0.336 e. The highest BCUT2D eigenvalue weighted by molar-refractivity contribution is 5.92. The van der Waals surface area contributed by atoms with Gasteiger partial charge in [-0.1, -0.05) is 0 Å². The number of aromatic nitrogens is 2. The van der Waals surface area contributed by atoms with Crippen LogP contribution in [0.2, 0.25) is 0 Å². The number of carbonyl (C=O) groups is 1. The van der Waals surface area contributed by atoms with Crippen molar-refractivity contribution in [3.05, 3.63) is 18.0 Å². The second kappa shape index (κ2) is 5.28. The lowest BCUT2D eigenvalue weighted by Crippen LogP contribution is -2.39. The van der Waals surface area contributed by atoms with Crippen LogP contribution in [0, 0.1) is 0 Å². The molecule has 6 heteroatoms. The Balaban J connectivity index is 0.00000120. The maximum atomic E-state index is 12.3. The van der Waals surface area contributed by atoms with Crippen molar-refractivity contribution in [1.29, 1.82) is 0 Å². The summed E-state index contributed by atoms with van der Waals surface area (Å²) in [5.74, 6) is 0.111. The maximum Gasteiger partial charge on any atom is 0.272 e. The number of hydrogen-bond acceptors (Lipinski definition) is 3. The molecule has 2 fully saturated rings. The van der Waals surface area contributed by atoms with Crippen molar-refractivity contribution < 1.29 is 4.79 Å². The van der Waals surface area contributed by atoms with Gasteiger partial charge in [0.2, 0.25) is 0 Å². The third-order valence-corrected chi connectivity index (χ3v) is 3.85. The fraction of sp³-hybridized carbons (Fsp3) is 0.667. The van der Waals surface area contributed by atoms with Gasteiger partial charge in [0.05, 0.1) is 0 Å². The lowest BCUT2D eigenvalue weighted by atomic mass is 10.1. The summed E-state index contributed by atoms with van der Waals surface area (Å²) in [7, 11) is 1.81. The number of rotatable bonds is 1. The van der Waals surface area contributed by atoms with Crippen LogP contribution in [0.5, 0.6) is 0 Å². The monoisotopic (exact) mass is 270 g/mol. The van der Waals surface area contributed by atoms with E-state index in [9.17, 15) is 4.79 Å². The van der Waals surface area contributed by atoms with Gasteiger partial charge >= 0.3 is 0 Å². The summed E-state index contributed by atoms with van der Waals surface area (Å²) in [5, 5.41) is 7.64. The van der Waals surface area contributed by atoms with E-state index in [0.29, 0.717) is 17.8 Å². The maximum absolute atomic E-state index is 12.3. The van der Waals surface area contributed by atoms with Crippen LogP contribution < -0.4 is 5.32 Å². The van der Waals surface area contributed by atoms with Crippen LogP contribution in [0.15, 0.2) is 12.3 Å². The molecule has 2 atom stereocenters. The summed E-state index contributed by atoms with van der Waals surface area (Å²) in [6, 6.07) is 2.89. The molecule has 0 aliphatic carbocycles. The van der Waals surface area contributed by atoms with Gasteiger partial charge in [0.25, 0.3) is 5.91 Å². The Morgan fingerprint density at radius 2 is 2.17 bits per heavy atom. The molecule has 0 saturated carbocycles. The second-order valence-corrected chi connectivity index (χ2v) is 5.02. The zero-order valence-corrected chi connectivity index (χ0v) is 11.3. The number of hydrogen-bond donors (Lipinski definition) is 1. The molecule has 3 heterocycles. The summed E-state index contributed by atoms with van der Waals surface area (Å²) in [6.07, 6.45) is 5.20. The molecule has 5 nitrogen and oxygen atoms in total. The fourth-order valence-corrected chi connectivity index (χ4v) is 2.87. The number of fused-ring (bicyclic) bond motifs is 2. The summed E-state index contributed by atoms with van der Waals surface area (Å²) in [6.45, 7) is 1.69. The van der Waals surface area contributed by atoms with E-state index in [1.807, 2.05) is 11.9 Å². The summed E-state index contributed by atoms with van der Waals surface area (Å²) in [4.78, 5) is 14.3. The van der Waals surface area contributed by atoms with Crippen LogP contribution in [0.25, 0.3) is 0 Å². The van der Waals surface area contributed by atoms with Crippen molar-refractivity contribution in [2.75, 3.05) is 13.1 Å². The molecule has 0 radical (unpaired) electrons. The van der Waals surface area contributed by atoms with E-state index in [4.69, 9.17) is 0 Å². The van der Waals surface area contributed by atoms with Gasteiger partial charge in [0.15, 0.2) is 0 Å². The minimum atomic E-state index is 0. The van der Waals surface area contributed by atoms with Crippen molar-refractivity contribution in [3.8, 4) is 0 Å². The molecule has 100 valence electrons. The van der Waals surface area contributed by atoms with Crippen LogP contribution >= 0.6 is 12.4 Å². The van der Waals surface area contributed by atoms with E-state index in [0.717, 1.165) is 19.5 Å². The summed E-state index contributed by atoms with van der Waals surface area (Å²) in [5.41, 5.74) is 0.683. The molecule has 1 aromatic rings. The molecule has 0 spiro atoms. The molecular formula is C12H19ClN4O. The van der Waals surface area contributed by atoms with Crippen LogP contribution in [-0.2, 0) is 7.05 Å². The third kappa shape index (κ3) is 2.37. The van der Waals surface area contributed by atoms with Gasteiger partial charge in [-0.15, -0.1) is 12.4 Å². The van der Waals surface area contributed by atoms with Gasteiger partial charge < -0.3 is 10.2 Å². The molecule has 1 amide bonds. The lowest BCUT2D eigenvalue weighted by molar-refractivity contribution is 0.0737. The number of carbonyl (C=O) groups excluding carboxylic acids is 1. The lowest BCUT2D eigenvalue weighted by Gasteiger charge is -2.24. The van der Waals surface area contributed by atoms with E-state index in [2.05, 4.69) is 10.4 Å². The highest BCUT2D eigenvalue weighted by atomic mass is 35.5. The predicted molar refractivity (Wildman–Crippen MR) is 70.9 cm³/mol. The Kier molecular flexibility index (Phi) is 3.92. The van der Waals surface area contributed by atoms with Crippen LogP contribution in [0.3, 0.4) is 0 Å². The molecule has 2 aliphatic rings. The first-order valence-electron chi connectivity index (χ1n) is 6.27. The zero-order valence-electron chi connectivity index (χ0n) is 10.5. The number of nitrogens with one attached hydrogen (secondary N) is 1. The summed E-state index contributed by atoms with van der Waals surface area (Å²) < 4.78 is 1.65. The highest BCUT2D eigenvalue weighted by Gasteiger charge is 2.31. The Morgan fingerprint density at radius 3 is 2.89 bits per heavy atom. The van der Waals surface area contributed by atoms with Gasteiger partial charge in [-0.05, 0) is 25.3 Å². The van der Waals surface area contributed by atoms with E-state index >= 15 is 0 Å². The van der Waals surface area contributed by atoms with Crippen molar-refractivity contribution in [2.45, 2.75) is 31.3 Å². The SMILES string of the molecule is Cl.Cn1nccc1C(=O)N1CCC2CCC(C1)N2. The molecule has 2 unspecified atom stereocenters. The molecule has 1 N–H and O–H groups in total. The first-order chi connectivity index (χ1) is 8.24. The van der Waals surface area contributed by atoms with E-state index in [1.54, 1.807) is 16.9 Å². The topological polar surface area (TPSA) is 50.2 Å².